The molecule has 1 amide bonds. The molecule has 3 N–H and O–H groups in total. The highest BCUT2D eigenvalue weighted by molar-refractivity contribution is 7.89. The second kappa shape index (κ2) is 9.52. The Hall–Kier alpha value is -3.33. The second-order valence-electron chi connectivity index (χ2n) is 8.48. The number of pyridine rings is 1. The van der Waals surface area contributed by atoms with E-state index in [1.165, 1.54) is 4.72 Å². The predicted molar refractivity (Wildman–Crippen MR) is 119 cm³/mol. The normalized spacial score (nSPS) is 15.7. The fourth-order valence-corrected chi connectivity index (χ4v) is 5.24. The van der Waals surface area contributed by atoms with E-state index in [1.54, 1.807) is 4.57 Å². The number of fused-ring (bicyclic) bond motifs is 1. The number of sulfonamides is 1. The minimum absolute atomic E-state index is 0.00711. The van der Waals surface area contributed by atoms with Crippen molar-refractivity contribution in [3.05, 3.63) is 41.8 Å². The fourth-order valence-electron chi connectivity index (χ4n) is 4.07. The fraction of sp³-hybridized carbons (Fsp3) is 0.364. The summed E-state index contributed by atoms with van der Waals surface area (Å²) in [6.45, 7) is -2.67. The molecule has 0 spiro atoms. The van der Waals surface area contributed by atoms with Gasteiger partial charge < -0.3 is 15.0 Å². The first-order valence-corrected chi connectivity index (χ1v) is 12.4. The maximum atomic E-state index is 14.5. The van der Waals surface area contributed by atoms with E-state index in [0.29, 0.717) is 19.8 Å². The van der Waals surface area contributed by atoms with Crippen molar-refractivity contribution in [2.75, 3.05) is 0 Å². The van der Waals surface area contributed by atoms with Crippen molar-refractivity contribution < 1.29 is 44.3 Å². The van der Waals surface area contributed by atoms with Gasteiger partial charge >= 0.3 is 12.8 Å². The number of alkyl halides is 5. The molecule has 0 bridgehead atoms. The second-order valence-corrected chi connectivity index (χ2v) is 10.2. The number of halogens is 6. The highest BCUT2D eigenvalue weighted by Crippen LogP contribution is 2.43. The first-order valence-electron chi connectivity index (χ1n) is 10.9. The monoisotopic (exact) mass is 550 g/mol. The van der Waals surface area contributed by atoms with E-state index in [9.17, 15) is 39.6 Å². The van der Waals surface area contributed by atoms with Gasteiger partial charge in [-0.1, -0.05) is 0 Å². The maximum Gasteiger partial charge on any atom is 0.404 e. The Morgan fingerprint density at radius 1 is 1.24 bits per heavy atom. The number of hydrogen-bond donors (Lipinski definition) is 2. The number of aromatic nitrogens is 2. The number of nitrogens with zero attached hydrogens (tertiary/aromatic N) is 2. The van der Waals surface area contributed by atoms with E-state index in [1.807, 2.05) is 0 Å². The summed E-state index contributed by atoms with van der Waals surface area (Å²) in [6.07, 6.45) is -1.94. The van der Waals surface area contributed by atoms with Crippen LogP contribution in [-0.4, -0.2) is 42.7 Å². The van der Waals surface area contributed by atoms with Gasteiger partial charge in [0.15, 0.2) is 11.6 Å². The summed E-state index contributed by atoms with van der Waals surface area (Å²) in [5.74, 6) is -2.89. The van der Waals surface area contributed by atoms with Crippen LogP contribution in [0.5, 0.6) is 5.75 Å². The Bertz CT molecular complexity index is 1450. The van der Waals surface area contributed by atoms with Crippen LogP contribution in [0.3, 0.4) is 0 Å². The third-order valence-corrected chi connectivity index (χ3v) is 7.60. The molecule has 37 heavy (non-hydrogen) atoms. The van der Waals surface area contributed by atoms with Gasteiger partial charge in [0.1, 0.15) is 10.9 Å². The third-order valence-electron chi connectivity index (χ3n) is 6.07. The van der Waals surface area contributed by atoms with Crippen molar-refractivity contribution in [3.8, 4) is 17.1 Å². The molecule has 2 aromatic heterocycles. The van der Waals surface area contributed by atoms with Gasteiger partial charge in [-0.15, -0.1) is 0 Å². The molecule has 1 fully saturated rings. The molecule has 0 aliphatic heterocycles. The average molecular weight is 550 g/mol. The number of carbonyl (C=O) groups excluding carboxylic acids is 1. The predicted octanol–water partition coefficient (Wildman–Crippen LogP) is 4.50. The standard InChI is InChI=1S/C22H20F6N4O4S/c1-10(22(26,27)28)31-37(34,35)12-5-6-15(30-9-12)19-18(20(29)33)13-7-14(23)17(36-21(24)25)8-16(13)32(19)11-3-2-4-11/h5-11,21,31H,2-4H2,1H3,(H2,29,33)/t10-/m0/s1. The van der Waals surface area contributed by atoms with Crippen LogP contribution in [0, 0.1) is 5.82 Å². The molecule has 15 heteroatoms. The molecule has 0 saturated heterocycles. The van der Waals surface area contributed by atoms with Crippen molar-refractivity contribution >= 4 is 26.8 Å². The zero-order valence-electron chi connectivity index (χ0n) is 19.0. The van der Waals surface area contributed by atoms with Gasteiger partial charge in [-0.3, -0.25) is 9.78 Å². The Kier molecular flexibility index (Phi) is 6.88. The molecule has 1 aromatic carbocycles. The zero-order valence-corrected chi connectivity index (χ0v) is 19.8. The number of ether oxygens (including phenoxy) is 1. The van der Waals surface area contributed by atoms with E-state index in [-0.39, 0.29) is 33.9 Å². The molecule has 2 heterocycles. The van der Waals surface area contributed by atoms with E-state index in [4.69, 9.17) is 5.73 Å². The molecule has 3 aromatic rings. The van der Waals surface area contributed by atoms with Gasteiger partial charge in [-0.2, -0.15) is 26.7 Å². The Balaban J connectivity index is 1.87. The van der Waals surface area contributed by atoms with Crippen LogP contribution in [0.15, 0.2) is 35.4 Å². The Morgan fingerprint density at radius 3 is 2.41 bits per heavy atom. The van der Waals surface area contributed by atoms with Crippen molar-refractivity contribution in [1.29, 1.82) is 0 Å². The first-order chi connectivity index (χ1) is 17.2. The van der Waals surface area contributed by atoms with Crippen LogP contribution >= 0.6 is 0 Å². The average Bonchev–Trinajstić information content (AvgIpc) is 3.05. The number of rotatable bonds is 8. The zero-order chi connectivity index (χ0) is 27.3. The van der Waals surface area contributed by atoms with Gasteiger partial charge in [0.05, 0.1) is 22.5 Å². The van der Waals surface area contributed by atoms with Gasteiger partial charge in [0.2, 0.25) is 10.0 Å². The SMILES string of the molecule is C[C@H](NS(=O)(=O)c1ccc(-c2c(C(N)=O)c3cc(F)c(OC(F)F)cc3n2C2CCC2)nc1)C(F)(F)F. The van der Waals surface area contributed by atoms with Crippen LogP contribution in [0.4, 0.5) is 26.3 Å². The van der Waals surface area contributed by atoms with Crippen LogP contribution < -0.4 is 15.2 Å². The largest absolute Gasteiger partial charge is 0.432 e. The molecular weight excluding hydrogens is 530 g/mol. The van der Waals surface area contributed by atoms with E-state index in [2.05, 4.69) is 9.72 Å². The lowest BCUT2D eigenvalue weighted by Crippen LogP contribution is -2.42. The van der Waals surface area contributed by atoms with Crippen molar-refractivity contribution in [3.63, 3.8) is 0 Å². The van der Waals surface area contributed by atoms with Crippen molar-refractivity contribution in [2.45, 2.75) is 56.0 Å². The lowest BCUT2D eigenvalue weighted by Gasteiger charge is -2.30. The van der Waals surface area contributed by atoms with Crippen LogP contribution in [0.2, 0.25) is 0 Å². The number of amides is 1. The minimum atomic E-state index is -4.82. The van der Waals surface area contributed by atoms with E-state index < -0.39 is 51.2 Å². The molecule has 4 rings (SSSR count). The number of carbonyl (C=O) groups is 1. The quantitative estimate of drug-likeness (QED) is 0.401. The smallest absolute Gasteiger partial charge is 0.404 e. The molecule has 1 aliphatic rings. The van der Waals surface area contributed by atoms with Gasteiger partial charge in [0, 0.05) is 23.7 Å². The maximum absolute atomic E-state index is 14.5. The summed E-state index contributed by atoms with van der Waals surface area (Å²) in [7, 11) is -4.60. The van der Waals surface area contributed by atoms with Crippen molar-refractivity contribution in [2.24, 2.45) is 5.73 Å². The summed E-state index contributed by atoms with van der Waals surface area (Å²) in [5, 5.41) is 0.00711. The topological polar surface area (TPSA) is 116 Å². The Morgan fingerprint density at radius 2 is 1.92 bits per heavy atom. The molecule has 1 atom stereocenters. The molecule has 200 valence electrons. The summed E-state index contributed by atoms with van der Waals surface area (Å²) < 4.78 is 111. The number of benzene rings is 1. The molecule has 8 nitrogen and oxygen atoms in total. The molecule has 0 radical (unpaired) electrons. The molecular formula is C22H20F6N4O4S. The summed E-state index contributed by atoms with van der Waals surface area (Å²) in [5.41, 5.74) is 5.67. The van der Waals surface area contributed by atoms with Crippen LogP contribution in [0.25, 0.3) is 22.3 Å². The number of nitrogens with one attached hydrogen (secondary N) is 1. The lowest BCUT2D eigenvalue weighted by atomic mass is 9.92. The Labute approximate surface area is 206 Å². The van der Waals surface area contributed by atoms with Gasteiger partial charge in [-0.25, -0.2) is 12.8 Å². The van der Waals surface area contributed by atoms with Crippen molar-refractivity contribution in [1.82, 2.24) is 14.3 Å². The number of hydrogen-bond acceptors (Lipinski definition) is 5. The minimum Gasteiger partial charge on any atom is -0.432 e. The summed E-state index contributed by atoms with van der Waals surface area (Å²) in [4.78, 5) is 15.9. The van der Waals surface area contributed by atoms with Gasteiger partial charge in [0.25, 0.3) is 5.91 Å². The van der Waals surface area contributed by atoms with E-state index >= 15 is 0 Å². The summed E-state index contributed by atoms with van der Waals surface area (Å²) in [6, 6.07) is 1.41. The molecule has 0 unspecified atom stereocenters. The first kappa shape index (κ1) is 26.7. The third kappa shape index (κ3) is 5.09. The van der Waals surface area contributed by atoms with Crippen LogP contribution in [-0.2, 0) is 10.0 Å². The summed E-state index contributed by atoms with van der Waals surface area (Å²) >= 11 is 0. The number of nitrogens with two attached hydrogens (primary N) is 1. The molecule has 1 aliphatic carbocycles. The highest BCUT2D eigenvalue weighted by Gasteiger charge is 2.39. The number of primary amides is 1. The lowest BCUT2D eigenvalue weighted by molar-refractivity contribution is -0.147. The van der Waals surface area contributed by atoms with Gasteiger partial charge in [-0.05, 0) is 44.4 Å². The van der Waals surface area contributed by atoms with Crippen LogP contribution in [0.1, 0.15) is 42.6 Å². The molecule has 1 saturated carbocycles. The van der Waals surface area contributed by atoms with E-state index in [0.717, 1.165) is 36.9 Å². The highest BCUT2D eigenvalue weighted by atomic mass is 32.2.